The van der Waals surface area contributed by atoms with Crippen LogP contribution in [0.15, 0.2) is 0 Å². The smallest absolute Gasteiger partial charge is 0.252 e. The van der Waals surface area contributed by atoms with E-state index in [2.05, 4.69) is 36.4 Å². The lowest BCUT2D eigenvalue weighted by molar-refractivity contribution is 0.1000. The van der Waals surface area contributed by atoms with Crippen molar-refractivity contribution in [2.75, 3.05) is 23.7 Å². The molecule has 0 spiro atoms. The number of pyridine rings is 1. The van der Waals surface area contributed by atoms with Crippen molar-refractivity contribution in [1.82, 2.24) is 4.98 Å². The number of unbranched alkanes of at least 4 members (excludes halogenated alkanes) is 2. The van der Waals surface area contributed by atoms with E-state index in [9.17, 15) is 4.79 Å². The number of hydrogen-bond donors (Lipinski definition) is 3. The normalized spacial score (nSPS) is 10.5. The summed E-state index contributed by atoms with van der Waals surface area (Å²) < 4.78 is 0. The van der Waals surface area contributed by atoms with E-state index < -0.39 is 5.91 Å². The molecule has 0 atom stereocenters. The largest absolute Gasteiger partial charge is 0.370 e. The molecular formula is C17H30N4O. The van der Waals surface area contributed by atoms with Crippen molar-refractivity contribution in [2.45, 2.75) is 59.8 Å². The van der Waals surface area contributed by atoms with E-state index in [0.29, 0.717) is 11.4 Å². The Morgan fingerprint density at radius 2 is 1.59 bits per heavy atom. The molecule has 0 saturated heterocycles. The van der Waals surface area contributed by atoms with Gasteiger partial charge in [-0.1, -0.05) is 33.6 Å². The van der Waals surface area contributed by atoms with Crippen LogP contribution in [-0.2, 0) is 6.42 Å². The van der Waals surface area contributed by atoms with E-state index in [1.807, 2.05) is 6.92 Å². The highest BCUT2D eigenvalue weighted by atomic mass is 16.1. The predicted octanol–water partition coefficient (Wildman–Crippen LogP) is 3.48. The zero-order valence-corrected chi connectivity index (χ0v) is 14.4. The van der Waals surface area contributed by atoms with Gasteiger partial charge in [0.25, 0.3) is 5.91 Å². The molecule has 0 aliphatic heterocycles. The molecule has 0 bridgehead atoms. The fourth-order valence-corrected chi connectivity index (χ4v) is 2.52. The molecule has 1 aromatic heterocycles. The molecule has 0 radical (unpaired) electrons. The van der Waals surface area contributed by atoms with Gasteiger partial charge >= 0.3 is 0 Å². The number of primary amides is 1. The molecule has 0 saturated carbocycles. The van der Waals surface area contributed by atoms with Crippen molar-refractivity contribution < 1.29 is 4.79 Å². The van der Waals surface area contributed by atoms with E-state index in [-0.39, 0.29) is 0 Å². The zero-order chi connectivity index (χ0) is 16.5. The van der Waals surface area contributed by atoms with Gasteiger partial charge in [-0.3, -0.25) is 4.79 Å². The molecule has 0 aromatic carbocycles. The van der Waals surface area contributed by atoms with Crippen LogP contribution in [-0.4, -0.2) is 24.0 Å². The molecule has 1 heterocycles. The Morgan fingerprint density at radius 1 is 1.05 bits per heavy atom. The first-order valence-corrected chi connectivity index (χ1v) is 8.37. The second kappa shape index (κ2) is 9.28. The van der Waals surface area contributed by atoms with Crippen molar-refractivity contribution in [2.24, 2.45) is 5.73 Å². The lowest BCUT2D eigenvalue weighted by atomic mass is 10.0. The number of amides is 1. The third-order valence-electron chi connectivity index (χ3n) is 3.82. The van der Waals surface area contributed by atoms with Gasteiger partial charge in [-0.25, -0.2) is 4.98 Å². The lowest BCUT2D eigenvalue weighted by Gasteiger charge is -2.19. The quantitative estimate of drug-likeness (QED) is 0.578. The molecule has 1 rings (SSSR count). The van der Waals surface area contributed by atoms with Crippen LogP contribution in [0.25, 0.3) is 0 Å². The van der Waals surface area contributed by atoms with Crippen LogP contribution in [0, 0.1) is 6.92 Å². The Balaban J connectivity index is 3.18. The Morgan fingerprint density at radius 3 is 2.05 bits per heavy atom. The molecule has 22 heavy (non-hydrogen) atoms. The summed E-state index contributed by atoms with van der Waals surface area (Å²) >= 11 is 0. The van der Waals surface area contributed by atoms with Crippen LogP contribution in [0.1, 0.15) is 67.9 Å². The van der Waals surface area contributed by atoms with Gasteiger partial charge in [0.1, 0.15) is 11.6 Å². The van der Waals surface area contributed by atoms with Crippen LogP contribution in [0.2, 0.25) is 0 Å². The minimum Gasteiger partial charge on any atom is -0.370 e. The number of nitrogens with one attached hydrogen (secondary N) is 2. The second-order valence-corrected chi connectivity index (χ2v) is 5.57. The Bertz CT molecular complexity index is 500. The lowest BCUT2D eigenvalue weighted by Crippen LogP contribution is -2.20. The van der Waals surface area contributed by atoms with Gasteiger partial charge in [0.15, 0.2) is 0 Å². The van der Waals surface area contributed by atoms with Gasteiger partial charge in [-0.2, -0.15) is 0 Å². The van der Waals surface area contributed by atoms with Crippen LogP contribution in [0.4, 0.5) is 11.6 Å². The van der Waals surface area contributed by atoms with E-state index >= 15 is 0 Å². The highest BCUT2D eigenvalue weighted by Gasteiger charge is 2.19. The average molecular weight is 306 g/mol. The van der Waals surface area contributed by atoms with Crippen LogP contribution >= 0.6 is 0 Å². The molecule has 0 fully saturated rings. The predicted molar refractivity (Wildman–Crippen MR) is 93.7 cm³/mol. The van der Waals surface area contributed by atoms with Crippen molar-refractivity contribution in [3.63, 3.8) is 0 Å². The molecular weight excluding hydrogens is 276 g/mol. The number of carbonyl (C=O) groups excluding carboxylic acids is 1. The monoisotopic (exact) mass is 306 g/mol. The summed E-state index contributed by atoms with van der Waals surface area (Å²) in [6, 6.07) is 0. The van der Waals surface area contributed by atoms with Gasteiger partial charge in [0, 0.05) is 13.1 Å². The third kappa shape index (κ3) is 4.61. The summed E-state index contributed by atoms with van der Waals surface area (Å²) in [6.07, 6.45) is 5.18. The van der Waals surface area contributed by atoms with E-state index in [1.54, 1.807) is 0 Å². The minimum absolute atomic E-state index is 0.418. The number of rotatable bonds is 10. The first-order valence-electron chi connectivity index (χ1n) is 8.37. The highest BCUT2D eigenvalue weighted by Crippen LogP contribution is 2.27. The number of nitrogens with two attached hydrogens (primary N) is 1. The van der Waals surface area contributed by atoms with E-state index in [4.69, 9.17) is 5.73 Å². The third-order valence-corrected chi connectivity index (χ3v) is 3.82. The summed E-state index contributed by atoms with van der Waals surface area (Å²) in [7, 11) is 0. The van der Waals surface area contributed by atoms with Crippen molar-refractivity contribution in [3.05, 3.63) is 16.7 Å². The topological polar surface area (TPSA) is 80.0 Å². The molecule has 124 valence electrons. The fraction of sp³-hybridized carbons (Fsp3) is 0.647. The van der Waals surface area contributed by atoms with Crippen molar-refractivity contribution in [1.29, 1.82) is 0 Å². The standard InChI is InChI=1S/C17H30N4O/c1-5-8-10-19-16-13(7-3)12(4)14(15(18)22)17(21-16)20-11-9-6-2/h5-11H2,1-4H3,(H2,18,22)(H2,19,20,21). The number of carbonyl (C=O) groups is 1. The van der Waals surface area contributed by atoms with Crippen LogP contribution < -0.4 is 16.4 Å². The molecule has 4 N–H and O–H groups in total. The van der Waals surface area contributed by atoms with E-state index in [0.717, 1.165) is 62.1 Å². The summed E-state index contributed by atoms with van der Waals surface area (Å²) in [5.74, 6) is 1.06. The number of anilines is 2. The molecule has 1 aromatic rings. The van der Waals surface area contributed by atoms with Gasteiger partial charge < -0.3 is 16.4 Å². The van der Waals surface area contributed by atoms with Gasteiger partial charge in [0.2, 0.25) is 0 Å². The molecule has 5 heteroatoms. The van der Waals surface area contributed by atoms with Crippen molar-refractivity contribution >= 4 is 17.5 Å². The number of nitrogens with zero attached hydrogens (tertiary/aromatic N) is 1. The summed E-state index contributed by atoms with van der Waals surface area (Å²) in [5.41, 5.74) is 8.11. The molecule has 5 nitrogen and oxygen atoms in total. The summed E-state index contributed by atoms with van der Waals surface area (Å²) in [5, 5.41) is 6.67. The van der Waals surface area contributed by atoms with Crippen molar-refractivity contribution in [3.8, 4) is 0 Å². The minimum atomic E-state index is -0.418. The molecule has 0 unspecified atom stereocenters. The Labute approximate surface area is 134 Å². The summed E-state index contributed by atoms with van der Waals surface area (Å²) in [6.45, 7) is 10.0. The highest BCUT2D eigenvalue weighted by molar-refractivity contribution is 6.00. The summed E-state index contributed by atoms with van der Waals surface area (Å²) in [4.78, 5) is 16.5. The van der Waals surface area contributed by atoms with Gasteiger partial charge in [0.05, 0.1) is 5.56 Å². The first kappa shape index (κ1) is 18.3. The van der Waals surface area contributed by atoms with E-state index in [1.165, 1.54) is 0 Å². The first-order chi connectivity index (χ1) is 10.6. The SMILES string of the molecule is CCCCNc1nc(NCCCC)c(C(N)=O)c(C)c1CC. The van der Waals surface area contributed by atoms with Crippen LogP contribution in [0.3, 0.4) is 0 Å². The Kier molecular flexibility index (Phi) is 7.71. The molecule has 0 aliphatic carbocycles. The molecule has 1 amide bonds. The van der Waals surface area contributed by atoms with Gasteiger partial charge in [-0.15, -0.1) is 0 Å². The zero-order valence-electron chi connectivity index (χ0n) is 14.4. The maximum absolute atomic E-state index is 11.8. The van der Waals surface area contributed by atoms with Crippen LogP contribution in [0.5, 0.6) is 0 Å². The maximum Gasteiger partial charge on any atom is 0.252 e. The second-order valence-electron chi connectivity index (χ2n) is 5.57. The average Bonchev–Trinajstić information content (AvgIpc) is 2.47. The van der Waals surface area contributed by atoms with Gasteiger partial charge in [-0.05, 0) is 37.3 Å². The Hall–Kier alpha value is -1.78. The number of aromatic nitrogens is 1. The molecule has 0 aliphatic rings. The fourth-order valence-electron chi connectivity index (χ4n) is 2.52. The number of hydrogen-bond acceptors (Lipinski definition) is 4. The maximum atomic E-state index is 11.8.